The van der Waals surface area contributed by atoms with Crippen molar-refractivity contribution in [3.63, 3.8) is 0 Å². The number of phenols is 1. The summed E-state index contributed by atoms with van der Waals surface area (Å²) in [6, 6.07) is 12.0. The molecule has 0 amide bonds. The molecule has 0 spiro atoms. The van der Waals surface area contributed by atoms with E-state index in [0.29, 0.717) is 5.75 Å². The lowest BCUT2D eigenvalue weighted by Crippen LogP contribution is -2.11. The maximum absolute atomic E-state index is 10.1. The van der Waals surface area contributed by atoms with Gasteiger partial charge in [-0.3, -0.25) is 0 Å². The summed E-state index contributed by atoms with van der Waals surface area (Å²) in [6.07, 6.45) is 0.898. The van der Waals surface area contributed by atoms with Crippen LogP contribution in [0, 0.1) is 10.5 Å². The molecule has 0 heterocycles. The number of halogens is 2. The van der Waals surface area contributed by atoms with Gasteiger partial charge >= 0.3 is 0 Å². The molecular formula is C16H17BrINO. The molecule has 2 nitrogen and oxygen atoms in total. The predicted octanol–water partition coefficient (Wildman–Crippen LogP) is 5.63. The first-order valence-electron chi connectivity index (χ1n) is 6.52. The molecule has 2 N–H and O–H groups in total. The van der Waals surface area contributed by atoms with Gasteiger partial charge in [-0.15, -0.1) is 0 Å². The SMILES string of the molecule is CCC(Nc1ccc(I)cc1C)c1cc(Br)ccc1O. The van der Waals surface area contributed by atoms with E-state index in [1.54, 1.807) is 6.07 Å². The Morgan fingerprint density at radius 3 is 2.65 bits per heavy atom. The topological polar surface area (TPSA) is 32.3 Å². The predicted molar refractivity (Wildman–Crippen MR) is 96.4 cm³/mol. The van der Waals surface area contributed by atoms with Crippen molar-refractivity contribution in [2.45, 2.75) is 26.3 Å². The Hall–Kier alpha value is -0.750. The third-order valence-electron chi connectivity index (χ3n) is 3.29. The fraction of sp³-hybridized carbons (Fsp3) is 0.250. The summed E-state index contributed by atoms with van der Waals surface area (Å²) in [5.41, 5.74) is 3.24. The van der Waals surface area contributed by atoms with Crippen molar-refractivity contribution in [2.24, 2.45) is 0 Å². The normalized spacial score (nSPS) is 12.2. The Kier molecular flexibility index (Phi) is 5.32. The molecule has 0 saturated carbocycles. The molecule has 0 aliphatic carbocycles. The number of benzene rings is 2. The number of hydrogen-bond acceptors (Lipinski definition) is 2. The highest BCUT2D eigenvalue weighted by Crippen LogP contribution is 2.32. The quantitative estimate of drug-likeness (QED) is 0.597. The highest BCUT2D eigenvalue weighted by Gasteiger charge is 2.14. The van der Waals surface area contributed by atoms with Gasteiger partial charge < -0.3 is 10.4 Å². The third-order valence-corrected chi connectivity index (χ3v) is 4.46. The fourth-order valence-electron chi connectivity index (χ4n) is 2.18. The van der Waals surface area contributed by atoms with Crippen LogP contribution < -0.4 is 5.32 Å². The van der Waals surface area contributed by atoms with Crippen LogP contribution in [-0.4, -0.2) is 5.11 Å². The van der Waals surface area contributed by atoms with Gasteiger partial charge in [0.1, 0.15) is 5.75 Å². The van der Waals surface area contributed by atoms with Crippen molar-refractivity contribution in [2.75, 3.05) is 5.32 Å². The minimum atomic E-state index is 0.0891. The maximum atomic E-state index is 10.1. The van der Waals surface area contributed by atoms with E-state index in [4.69, 9.17) is 0 Å². The lowest BCUT2D eigenvalue weighted by atomic mass is 10.0. The minimum Gasteiger partial charge on any atom is -0.508 e. The molecule has 2 aromatic carbocycles. The highest BCUT2D eigenvalue weighted by molar-refractivity contribution is 14.1. The van der Waals surface area contributed by atoms with Gasteiger partial charge in [0.25, 0.3) is 0 Å². The molecule has 0 aromatic heterocycles. The summed E-state index contributed by atoms with van der Waals surface area (Å²) in [6.45, 7) is 4.21. The van der Waals surface area contributed by atoms with Crippen molar-refractivity contribution >= 4 is 44.2 Å². The Morgan fingerprint density at radius 2 is 2.00 bits per heavy atom. The van der Waals surface area contributed by atoms with Crippen LogP contribution in [0.5, 0.6) is 5.75 Å². The first kappa shape index (κ1) is 15.6. The summed E-state index contributed by atoms with van der Waals surface area (Å²) < 4.78 is 2.20. The maximum Gasteiger partial charge on any atom is 0.120 e. The van der Waals surface area contributed by atoms with E-state index in [-0.39, 0.29) is 6.04 Å². The molecule has 0 fully saturated rings. The number of aromatic hydroxyl groups is 1. The van der Waals surface area contributed by atoms with E-state index in [1.165, 1.54) is 9.13 Å². The van der Waals surface area contributed by atoms with Gasteiger partial charge in [0.2, 0.25) is 0 Å². The zero-order chi connectivity index (χ0) is 14.7. The first-order valence-corrected chi connectivity index (χ1v) is 8.39. The van der Waals surface area contributed by atoms with Gasteiger partial charge in [0.05, 0.1) is 6.04 Å². The van der Waals surface area contributed by atoms with Crippen LogP contribution in [0.3, 0.4) is 0 Å². The number of anilines is 1. The van der Waals surface area contributed by atoms with Gasteiger partial charge in [0, 0.05) is 19.3 Å². The molecular weight excluding hydrogens is 429 g/mol. The van der Waals surface area contributed by atoms with Crippen LogP contribution in [0.1, 0.15) is 30.5 Å². The van der Waals surface area contributed by atoms with E-state index in [2.05, 4.69) is 75.9 Å². The molecule has 1 unspecified atom stereocenters. The zero-order valence-electron chi connectivity index (χ0n) is 11.5. The molecule has 1 atom stereocenters. The van der Waals surface area contributed by atoms with Crippen LogP contribution >= 0.6 is 38.5 Å². The second-order valence-corrected chi connectivity index (χ2v) is 6.93. The summed E-state index contributed by atoms with van der Waals surface area (Å²) in [4.78, 5) is 0. The first-order chi connectivity index (χ1) is 9.51. The van der Waals surface area contributed by atoms with Crippen LogP contribution in [0.2, 0.25) is 0 Å². The molecule has 0 bridgehead atoms. The Labute approximate surface area is 141 Å². The molecule has 4 heteroatoms. The molecule has 0 aliphatic heterocycles. The van der Waals surface area contributed by atoms with Crippen molar-refractivity contribution in [1.29, 1.82) is 0 Å². The monoisotopic (exact) mass is 445 g/mol. The van der Waals surface area contributed by atoms with E-state index < -0.39 is 0 Å². The van der Waals surface area contributed by atoms with Crippen LogP contribution in [0.25, 0.3) is 0 Å². The highest BCUT2D eigenvalue weighted by atomic mass is 127. The average Bonchev–Trinajstić information content (AvgIpc) is 2.41. The number of aryl methyl sites for hydroxylation is 1. The number of rotatable bonds is 4. The lowest BCUT2D eigenvalue weighted by molar-refractivity contribution is 0.462. The molecule has 0 radical (unpaired) electrons. The summed E-state index contributed by atoms with van der Waals surface area (Å²) in [5.74, 6) is 0.329. The van der Waals surface area contributed by atoms with E-state index in [0.717, 1.165) is 22.1 Å². The second kappa shape index (κ2) is 6.80. The number of hydrogen-bond donors (Lipinski definition) is 2. The molecule has 0 aliphatic rings. The molecule has 2 aromatic rings. The average molecular weight is 446 g/mol. The van der Waals surface area contributed by atoms with Crippen LogP contribution in [0.15, 0.2) is 40.9 Å². The molecule has 2 rings (SSSR count). The largest absolute Gasteiger partial charge is 0.508 e. The summed E-state index contributed by atoms with van der Waals surface area (Å²) >= 11 is 5.78. The van der Waals surface area contributed by atoms with Gasteiger partial charge in [0.15, 0.2) is 0 Å². The lowest BCUT2D eigenvalue weighted by Gasteiger charge is -2.21. The van der Waals surface area contributed by atoms with Crippen molar-refractivity contribution in [3.8, 4) is 5.75 Å². The van der Waals surface area contributed by atoms with Crippen LogP contribution in [-0.2, 0) is 0 Å². The van der Waals surface area contributed by atoms with Gasteiger partial charge in [-0.2, -0.15) is 0 Å². The van der Waals surface area contributed by atoms with Gasteiger partial charge in [-0.25, -0.2) is 0 Å². The van der Waals surface area contributed by atoms with Gasteiger partial charge in [-0.05, 0) is 77.9 Å². The van der Waals surface area contributed by atoms with Crippen molar-refractivity contribution < 1.29 is 5.11 Å². The zero-order valence-corrected chi connectivity index (χ0v) is 15.2. The molecule has 0 saturated heterocycles. The fourth-order valence-corrected chi connectivity index (χ4v) is 3.21. The van der Waals surface area contributed by atoms with E-state index in [1.807, 2.05) is 12.1 Å². The Bertz CT molecular complexity index is 615. The summed E-state index contributed by atoms with van der Waals surface area (Å²) in [7, 11) is 0. The van der Waals surface area contributed by atoms with Crippen LogP contribution in [0.4, 0.5) is 5.69 Å². The Balaban J connectivity index is 2.31. The van der Waals surface area contributed by atoms with E-state index >= 15 is 0 Å². The van der Waals surface area contributed by atoms with Crippen molar-refractivity contribution in [3.05, 3.63) is 55.6 Å². The Morgan fingerprint density at radius 1 is 1.25 bits per heavy atom. The standard InChI is InChI=1S/C16H17BrINO/c1-3-14(13-9-11(17)4-7-16(13)20)19-15-6-5-12(18)8-10(15)2/h4-9,14,19-20H,3H2,1-2H3. The molecule has 106 valence electrons. The second-order valence-electron chi connectivity index (χ2n) is 4.77. The van der Waals surface area contributed by atoms with Crippen molar-refractivity contribution in [1.82, 2.24) is 0 Å². The van der Waals surface area contributed by atoms with Gasteiger partial charge in [-0.1, -0.05) is 22.9 Å². The minimum absolute atomic E-state index is 0.0891. The van der Waals surface area contributed by atoms with E-state index in [9.17, 15) is 5.11 Å². The summed E-state index contributed by atoms with van der Waals surface area (Å²) in [5, 5.41) is 13.6. The number of nitrogens with one attached hydrogen (secondary N) is 1. The smallest absolute Gasteiger partial charge is 0.120 e. The molecule has 20 heavy (non-hydrogen) atoms. The third kappa shape index (κ3) is 3.67. The number of phenolic OH excluding ortho intramolecular Hbond substituents is 1.